The third kappa shape index (κ3) is 46.9. The predicted octanol–water partition coefficient (Wildman–Crippen LogP) is 17.1. The van der Waals surface area contributed by atoms with Gasteiger partial charge in [-0.05, 0) is 19.3 Å². The highest BCUT2D eigenvalue weighted by atomic mass is 16.3. The summed E-state index contributed by atoms with van der Waals surface area (Å²) in [6.07, 6.45) is 64.6. The van der Waals surface area contributed by atoms with Gasteiger partial charge in [-0.3, -0.25) is 4.79 Å². The fourth-order valence-electron chi connectivity index (χ4n) is 9.01. The monoisotopic (exact) mass is 862 g/mol. The Morgan fingerprint density at radius 3 is 0.902 bits per heavy atom. The van der Waals surface area contributed by atoms with Crippen LogP contribution in [0.3, 0.4) is 0 Å². The summed E-state index contributed by atoms with van der Waals surface area (Å²) >= 11 is 0. The fourth-order valence-corrected chi connectivity index (χ4v) is 9.01. The lowest BCUT2D eigenvalue weighted by atomic mass is 10.0. The van der Waals surface area contributed by atoms with Crippen LogP contribution in [0.25, 0.3) is 0 Å². The first-order valence-corrected chi connectivity index (χ1v) is 28.0. The van der Waals surface area contributed by atoms with Gasteiger partial charge in [0.25, 0.3) is 0 Å². The molecule has 0 fully saturated rings. The zero-order chi connectivity index (χ0) is 44.4. The van der Waals surface area contributed by atoms with E-state index in [1.165, 1.54) is 263 Å². The number of amides is 1. The summed E-state index contributed by atoms with van der Waals surface area (Å²) in [6, 6.07) is -0.792. The zero-order valence-corrected chi connectivity index (χ0v) is 41.6. The van der Waals surface area contributed by atoms with Gasteiger partial charge < -0.3 is 20.6 Å². The van der Waals surface area contributed by atoms with E-state index in [0.717, 1.165) is 32.1 Å². The van der Waals surface area contributed by atoms with Crippen LogP contribution in [0, 0.1) is 0 Å². The molecular weight excluding hydrogens is 751 g/mol. The molecule has 0 aliphatic carbocycles. The van der Waals surface area contributed by atoms with Gasteiger partial charge in [-0.1, -0.05) is 309 Å². The number of hydrogen-bond acceptors (Lipinski definition) is 4. The highest BCUT2D eigenvalue weighted by Crippen LogP contribution is 2.18. The minimum Gasteiger partial charge on any atom is -0.394 e. The van der Waals surface area contributed by atoms with Gasteiger partial charge in [0, 0.05) is 0 Å². The van der Waals surface area contributed by atoms with Gasteiger partial charge in [-0.25, -0.2) is 0 Å². The molecule has 364 valence electrons. The molecule has 5 heteroatoms. The van der Waals surface area contributed by atoms with Crippen LogP contribution in [0.5, 0.6) is 0 Å². The fraction of sp³-hybridized carbons (Fsp3) is 0.946. The molecule has 0 radical (unpaired) electrons. The summed E-state index contributed by atoms with van der Waals surface area (Å²) < 4.78 is 0. The average Bonchev–Trinajstić information content (AvgIpc) is 3.26. The summed E-state index contributed by atoms with van der Waals surface area (Å²) in [7, 11) is 0. The van der Waals surface area contributed by atoms with Crippen LogP contribution in [-0.2, 0) is 4.79 Å². The Kier molecular flexibility index (Phi) is 51.0. The maximum Gasteiger partial charge on any atom is 0.249 e. The van der Waals surface area contributed by atoms with E-state index in [2.05, 4.69) is 19.2 Å². The Bertz CT molecular complexity index is 864. The molecule has 3 atom stereocenters. The van der Waals surface area contributed by atoms with Gasteiger partial charge in [-0.15, -0.1) is 0 Å². The van der Waals surface area contributed by atoms with E-state index < -0.39 is 24.2 Å². The topological polar surface area (TPSA) is 89.8 Å². The standard InChI is InChI=1S/C56H111NO4/c1-3-5-7-9-11-13-15-16-17-18-19-20-21-22-23-24-25-26-27-28-29-30-31-32-33-34-35-36-37-38-39-41-43-45-47-49-51-55(60)56(61)57-53(52-58)54(59)50-48-46-44-42-40-14-12-10-8-6-4-2/h48,50,53-55,58-60H,3-47,49,51-52H2,1-2H3,(H,57,61)/b50-48+. The van der Waals surface area contributed by atoms with Crippen molar-refractivity contribution >= 4 is 5.91 Å². The number of allylic oxidation sites excluding steroid dienone is 1. The van der Waals surface area contributed by atoms with Crippen molar-refractivity contribution in [2.24, 2.45) is 0 Å². The molecule has 0 aromatic carbocycles. The number of hydrogen-bond donors (Lipinski definition) is 4. The molecule has 0 heterocycles. The van der Waals surface area contributed by atoms with Crippen LogP contribution in [-0.4, -0.2) is 46.1 Å². The third-order valence-corrected chi connectivity index (χ3v) is 13.4. The van der Waals surface area contributed by atoms with Crippen molar-refractivity contribution < 1.29 is 20.1 Å². The Labute approximate surface area is 382 Å². The van der Waals surface area contributed by atoms with Gasteiger partial charge in [0.1, 0.15) is 6.10 Å². The smallest absolute Gasteiger partial charge is 0.249 e. The molecule has 0 rings (SSSR count). The van der Waals surface area contributed by atoms with Gasteiger partial charge >= 0.3 is 0 Å². The molecule has 0 aliphatic rings. The summed E-state index contributed by atoms with van der Waals surface area (Å²) in [5, 5.41) is 33.2. The van der Waals surface area contributed by atoms with E-state index in [1.54, 1.807) is 6.08 Å². The number of aliphatic hydroxyl groups is 3. The van der Waals surface area contributed by atoms with Gasteiger partial charge in [0.15, 0.2) is 0 Å². The highest BCUT2D eigenvalue weighted by Gasteiger charge is 2.22. The molecule has 0 aromatic rings. The van der Waals surface area contributed by atoms with E-state index in [9.17, 15) is 20.1 Å². The Morgan fingerprint density at radius 1 is 0.393 bits per heavy atom. The predicted molar refractivity (Wildman–Crippen MR) is 269 cm³/mol. The van der Waals surface area contributed by atoms with Crippen molar-refractivity contribution in [3.8, 4) is 0 Å². The van der Waals surface area contributed by atoms with Gasteiger partial charge in [0.05, 0.1) is 18.8 Å². The Balaban J connectivity index is 3.40. The minimum atomic E-state index is -1.09. The number of unbranched alkanes of at least 4 members (excludes halogenated alkanes) is 44. The summed E-state index contributed by atoms with van der Waals surface area (Å²) in [6.45, 7) is 4.19. The average molecular weight is 863 g/mol. The Morgan fingerprint density at radius 2 is 0.639 bits per heavy atom. The Hall–Kier alpha value is -0.910. The van der Waals surface area contributed by atoms with Crippen molar-refractivity contribution in [1.82, 2.24) is 5.32 Å². The maximum atomic E-state index is 12.5. The molecule has 0 saturated carbocycles. The molecule has 61 heavy (non-hydrogen) atoms. The lowest BCUT2D eigenvalue weighted by Crippen LogP contribution is -2.48. The molecule has 0 saturated heterocycles. The van der Waals surface area contributed by atoms with Crippen molar-refractivity contribution in [2.45, 2.75) is 334 Å². The molecule has 0 spiro atoms. The van der Waals surface area contributed by atoms with E-state index >= 15 is 0 Å². The second kappa shape index (κ2) is 51.7. The molecule has 3 unspecified atom stereocenters. The largest absolute Gasteiger partial charge is 0.394 e. The number of carbonyl (C=O) groups excluding carboxylic acids is 1. The molecular formula is C56H111NO4. The van der Waals surface area contributed by atoms with Crippen LogP contribution < -0.4 is 5.32 Å². The minimum absolute atomic E-state index is 0.359. The lowest BCUT2D eigenvalue weighted by Gasteiger charge is -2.21. The first kappa shape index (κ1) is 60.1. The number of nitrogens with one attached hydrogen (secondary N) is 1. The summed E-state index contributed by atoms with van der Waals surface area (Å²) in [5.74, 6) is -0.498. The zero-order valence-electron chi connectivity index (χ0n) is 41.6. The second-order valence-electron chi connectivity index (χ2n) is 19.5. The number of rotatable bonds is 52. The lowest BCUT2D eigenvalue weighted by molar-refractivity contribution is -0.131. The maximum absolute atomic E-state index is 12.5. The second-order valence-corrected chi connectivity index (χ2v) is 19.5. The first-order chi connectivity index (χ1) is 30.1. The molecule has 1 amide bonds. The van der Waals surface area contributed by atoms with Crippen LogP contribution in [0.15, 0.2) is 12.2 Å². The summed E-state index contributed by atoms with van der Waals surface area (Å²) in [5.41, 5.74) is 0. The molecule has 4 N–H and O–H groups in total. The number of aliphatic hydroxyl groups excluding tert-OH is 3. The van der Waals surface area contributed by atoms with E-state index in [1.807, 2.05) is 6.08 Å². The first-order valence-electron chi connectivity index (χ1n) is 28.0. The van der Waals surface area contributed by atoms with E-state index in [-0.39, 0.29) is 6.61 Å². The molecule has 0 bridgehead atoms. The van der Waals surface area contributed by atoms with Crippen LogP contribution in [0.4, 0.5) is 0 Å². The van der Waals surface area contributed by atoms with Crippen LogP contribution in [0.1, 0.15) is 316 Å². The van der Waals surface area contributed by atoms with Gasteiger partial charge in [0.2, 0.25) is 5.91 Å². The van der Waals surface area contributed by atoms with Crippen LogP contribution >= 0.6 is 0 Å². The van der Waals surface area contributed by atoms with Crippen molar-refractivity contribution in [3.05, 3.63) is 12.2 Å². The quantitative estimate of drug-likeness (QED) is 0.0362. The summed E-state index contributed by atoms with van der Waals surface area (Å²) in [4.78, 5) is 12.5. The normalized spacial score (nSPS) is 13.3. The number of carbonyl (C=O) groups is 1. The van der Waals surface area contributed by atoms with Crippen LogP contribution in [0.2, 0.25) is 0 Å². The van der Waals surface area contributed by atoms with Crippen molar-refractivity contribution in [1.29, 1.82) is 0 Å². The van der Waals surface area contributed by atoms with E-state index in [4.69, 9.17) is 0 Å². The van der Waals surface area contributed by atoms with Crippen molar-refractivity contribution in [3.63, 3.8) is 0 Å². The van der Waals surface area contributed by atoms with E-state index in [0.29, 0.717) is 6.42 Å². The molecule has 5 nitrogen and oxygen atoms in total. The van der Waals surface area contributed by atoms with Crippen molar-refractivity contribution in [2.75, 3.05) is 6.61 Å². The van der Waals surface area contributed by atoms with Gasteiger partial charge in [-0.2, -0.15) is 0 Å². The third-order valence-electron chi connectivity index (χ3n) is 13.4. The highest BCUT2D eigenvalue weighted by molar-refractivity contribution is 5.80. The molecule has 0 aliphatic heterocycles. The SMILES string of the molecule is CCCCCCCCCCC/C=C/C(O)C(CO)NC(=O)C(O)CCCCCCCCCCCCCCCCCCCCCCCCCCCCCCCCCCCCCC. The molecule has 0 aromatic heterocycles.